The topological polar surface area (TPSA) is 102 Å². The SMILES string of the molecule is [B]c1cnc(Nc2ccc(C(=O)N3CCN(C)CC3)cc2)nc1N[C@@H]1CCC[C@@H]1C(=O)Nc1ccccc1. The van der Waals surface area contributed by atoms with E-state index in [2.05, 4.69) is 37.9 Å². The molecule has 194 valence electrons. The van der Waals surface area contributed by atoms with Crippen LogP contribution in [0.2, 0.25) is 0 Å². The van der Waals surface area contributed by atoms with Crippen LogP contribution in [-0.4, -0.2) is 78.7 Å². The molecule has 1 saturated heterocycles. The number of aromatic nitrogens is 2. The first-order chi connectivity index (χ1) is 18.5. The van der Waals surface area contributed by atoms with Crippen molar-refractivity contribution in [2.75, 3.05) is 49.2 Å². The van der Waals surface area contributed by atoms with Crippen LogP contribution in [0, 0.1) is 5.92 Å². The smallest absolute Gasteiger partial charge is 0.253 e. The number of benzene rings is 2. The average Bonchev–Trinajstić information content (AvgIpc) is 3.40. The fourth-order valence-electron chi connectivity index (χ4n) is 4.96. The normalized spacial score (nSPS) is 19.7. The Kier molecular flexibility index (Phi) is 7.88. The summed E-state index contributed by atoms with van der Waals surface area (Å²) in [4.78, 5) is 38.8. The molecule has 0 bridgehead atoms. The lowest BCUT2D eigenvalue weighted by Gasteiger charge is -2.32. The molecule has 10 heteroatoms. The molecule has 2 radical (unpaired) electrons. The molecule has 3 aromatic rings. The summed E-state index contributed by atoms with van der Waals surface area (Å²) in [5, 5.41) is 9.58. The minimum atomic E-state index is -0.189. The number of carbonyl (C=O) groups excluding carboxylic acids is 2. The molecule has 9 nitrogen and oxygen atoms in total. The minimum absolute atomic E-state index is 0.0108. The highest BCUT2D eigenvalue weighted by atomic mass is 16.2. The van der Waals surface area contributed by atoms with Crippen molar-refractivity contribution in [1.82, 2.24) is 19.8 Å². The van der Waals surface area contributed by atoms with Crippen molar-refractivity contribution in [3.8, 4) is 0 Å². The number of rotatable bonds is 7. The van der Waals surface area contributed by atoms with E-state index in [4.69, 9.17) is 7.85 Å². The van der Waals surface area contributed by atoms with Crippen LogP contribution in [0.3, 0.4) is 0 Å². The second-order valence-corrected chi connectivity index (χ2v) is 9.94. The van der Waals surface area contributed by atoms with Crippen molar-refractivity contribution in [3.63, 3.8) is 0 Å². The van der Waals surface area contributed by atoms with E-state index >= 15 is 0 Å². The molecule has 1 aromatic heterocycles. The van der Waals surface area contributed by atoms with E-state index in [0.29, 0.717) is 22.8 Å². The summed E-state index contributed by atoms with van der Waals surface area (Å²) in [5.74, 6) is 0.717. The summed E-state index contributed by atoms with van der Waals surface area (Å²) in [7, 11) is 8.24. The summed E-state index contributed by atoms with van der Waals surface area (Å²) >= 11 is 0. The number of nitrogens with one attached hydrogen (secondary N) is 3. The van der Waals surface area contributed by atoms with Gasteiger partial charge in [-0.2, -0.15) is 4.98 Å². The number of nitrogens with zero attached hydrogens (tertiary/aromatic N) is 4. The third-order valence-electron chi connectivity index (χ3n) is 7.21. The molecule has 2 amide bonds. The molecule has 5 rings (SSSR count). The van der Waals surface area contributed by atoms with Crippen molar-refractivity contribution >= 4 is 48.3 Å². The van der Waals surface area contributed by atoms with Gasteiger partial charge in [-0.1, -0.05) is 24.6 Å². The number of hydrogen-bond acceptors (Lipinski definition) is 7. The maximum atomic E-state index is 12.9. The predicted octanol–water partition coefficient (Wildman–Crippen LogP) is 2.62. The second-order valence-electron chi connectivity index (χ2n) is 9.94. The number of carbonyl (C=O) groups is 2. The zero-order chi connectivity index (χ0) is 26.5. The highest BCUT2D eigenvalue weighted by molar-refractivity contribution is 6.35. The molecule has 2 aromatic carbocycles. The number of likely N-dealkylation sites (N-methyl/N-ethyl adjacent to an activating group) is 1. The Bertz CT molecular complexity index is 1260. The number of anilines is 4. The van der Waals surface area contributed by atoms with Crippen molar-refractivity contribution in [3.05, 3.63) is 66.4 Å². The Balaban J connectivity index is 1.22. The van der Waals surface area contributed by atoms with Crippen LogP contribution in [0.1, 0.15) is 29.6 Å². The summed E-state index contributed by atoms with van der Waals surface area (Å²) in [6, 6.07) is 16.7. The number of hydrogen-bond donors (Lipinski definition) is 3. The van der Waals surface area contributed by atoms with Gasteiger partial charge in [0.25, 0.3) is 5.91 Å². The van der Waals surface area contributed by atoms with E-state index in [1.807, 2.05) is 59.5 Å². The van der Waals surface area contributed by atoms with Gasteiger partial charge in [0.2, 0.25) is 11.9 Å². The molecule has 0 unspecified atom stereocenters. The Morgan fingerprint density at radius 2 is 1.68 bits per heavy atom. The first kappa shape index (κ1) is 25.7. The maximum Gasteiger partial charge on any atom is 0.253 e. The van der Waals surface area contributed by atoms with Gasteiger partial charge in [-0.3, -0.25) is 9.59 Å². The molecule has 2 aliphatic rings. The van der Waals surface area contributed by atoms with Crippen molar-refractivity contribution in [1.29, 1.82) is 0 Å². The van der Waals surface area contributed by atoms with Crippen LogP contribution in [-0.2, 0) is 4.79 Å². The second kappa shape index (κ2) is 11.6. The fraction of sp³-hybridized carbons (Fsp3) is 0.357. The summed E-state index contributed by atoms with van der Waals surface area (Å²) in [5.41, 5.74) is 2.61. The number of amides is 2. The monoisotopic (exact) mass is 509 g/mol. The van der Waals surface area contributed by atoms with Gasteiger partial charge < -0.3 is 25.8 Å². The van der Waals surface area contributed by atoms with Crippen LogP contribution in [0.25, 0.3) is 0 Å². The van der Waals surface area contributed by atoms with Crippen LogP contribution in [0.4, 0.5) is 23.1 Å². The van der Waals surface area contributed by atoms with Gasteiger partial charge >= 0.3 is 0 Å². The van der Waals surface area contributed by atoms with Crippen LogP contribution in [0.5, 0.6) is 0 Å². The van der Waals surface area contributed by atoms with Gasteiger partial charge in [0.05, 0.1) is 5.92 Å². The van der Waals surface area contributed by atoms with Gasteiger partial charge in [0, 0.05) is 55.4 Å². The molecule has 1 saturated carbocycles. The molecule has 2 atom stereocenters. The highest BCUT2D eigenvalue weighted by Crippen LogP contribution is 2.29. The van der Waals surface area contributed by atoms with E-state index < -0.39 is 0 Å². The largest absolute Gasteiger partial charge is 0.367 e. The van der Waals surface area contributed by atoms with Crippen molar-refractivity contribution < 1.29 is 9.59 Å². The first-order valence-corrected chi connectivity index (χ1v) is 13.1. The summed E-state index contributed by atoms with van der Waals surface area (Å²) in [6.45, 7) is 3.24. The van der Waals surface area contributed by atoms with E-state index in [-0.39, 0.29) is 23.8 Å². The average molecular weight is 509 g/mol. The lowest BCUT2D eigenvalue weighted by Crippen LogP contribution is -2.47. The predicted molar refractivity (Wildman–Crippen MR) is 150 cm³/mol. The zero-order valence-corrected chi connectivity index (χ0v) is 21.6. The van der Waals surface area contributed by atoms with Gasteiger partial charge in [0.15, 0.2) is 0 Å². The highest BCUT2D eigenvalue weighted by Gasteiger charge is 2.33. The Hall–Kier alpha value is -3.92. The van der Waals surface area contributed by atoms with E-state index in [1.54, 1.807) is 6.20 Å². The Labute approximate surface area is 224 Å². The maximum absolute atomic E-state index is 12.9. The standard InChI is InChI=1S/C28H32BN7O2/c1-35-14-16-36(17-15-35)27(38)19-10-12-21(13-11-19)32-28-30-18-23(29)25(34-28)33-24-9-5-8-22(24)26(37)31-20-6-3-2-4-7-20/h2-4,6-7,10-13,18,22,24H,5,8-9,14-17H2,1H3,(H,31,37)(H2,30,32,33,34)/t22-,24+/m0/s1. The van der Waals surface area contributed by atoms with Gasteiger partial charge in [0.1, 0.15) is 13.7 Å². The Morgan fingerprint density at radius 1 is 0.947 bits per heavy atom. The molecular weight excluding hydrogens is 477 g/mol. The quantitative estimate of drug-likeness (QED) is 0.421. The molecule has 2 fully saturated rings. The lowest BCUT2D eigenvalue weighted by molar-refractivity contribution is -0.119. The van der Waals surface area contributed by atoms with Gasteiger partial charge in [-0.15, -0.1) is 0 Å². The lowest BCUT2D eigenvalue weighted by atomic mass is 9.97. The summed E-state index contributed by atoms with van der Waals surface area (Å²) < 4.78 is 0. The van der Waals surface area contributed by atoms with Crippen LogP contribution < -0.4 is 21.4 Å². The molecule has 3 N–H and O–H groups in total. The van der Waals surface area contributed by atoms with Crippen molar-refractivity contribution in [2.24, 2.45) is 5.92 Å². The first-order valence-electron chi connectivity index (χ1n) is 13.1. The molecule has 0 spiro atoms. The third-order valence-corrected chi connectivity index (χ3v) is 7.21. The van der Waals surface area contributed by atoms with Gasteiger partial charge in [-0.25, -0.2) is 4.98 Å². The third kappa shape index (κ3) is 6.14. The number of para-hydroxylation sites is 1. The van der Waals surface area contributed by atoms with E-state index in [1.165, 1.54) is 0 Å². The van der Waals surface area contributed by atoms with Gasteiger partial charge in [-0.05, 0) is 61.8 Å². The fourth-order valence-corrected chi connectivity index (χ4v) is 4.96. The van der Waals surface area contributed by atoms with Crippen LogP contribution >= 0.6 is 0 Å². The molecule has 2 heterocycles. The molecule has 1 aliphatic carbocycles. The summed E-state index contributed by atoms with van der Waals surface area (Å²) in [6.07, 6.45) is 4.14. The van der Waals surface area contributed by atoms with E-state index in [9.17, 15) is 9.59 Å². The molecule has 1 aliphatic heterocycles. The number of piperazine rings is 1. The Morgan fingerprint density at radius 3 is 2.42 bits per heavy atom. The van der Waals surface area contributed by atoms with E-state index in [0.717, 1.165) is 56.8 Å². The van der Waals surface area contributed by atoms with Crippen molar-refractivity contribution in [2.45, 2.75) is 25.3 Å². The molecule has 38 heavy (non-hydrogen) atoms. The van der Waals surface area contributed by atoms with Crippen LogP contribution in [0.15, 0.2) is 60.8 Å². The zero-order valence-electron chi connectivity index (χ0n) is 21.6. The molecular formula is C28H32BN7O2. The minimum Gasteiger partial charge on any atom is -0.367 e.